The van der Waals surface area contributed by atoms with Gasteiger partial charge in [0.15, 0.2) is 0 Å². The van der Waals surface area contributed by atoms with Gasteiger partial charge in [-0.2, -0.15) is 0 Å². The molecule has 0 saturated heterocycles. The minimum absolute atomic E-state index is 0.0868. The van der Waals surface area contributed by atoms with Crippen LogP contribution in [0.4, 0.5) is 4.39 Å². The monoisotopic (exact) mass is 303 g/mol. The van der Waals surface area contributed by atoms with Crippen LogP contribution in [0.3, 0.4) is 0 Å². The fraction of sp³-hybridized carbons (Fsp3) is 0.429. The van der Waals surface area contributed by atoms with Crippen molar-refractivity contribution in [1.29, 1.82) is 0 Å². The van der Waals surface area contributed by atoms with E-state index in [1.54, 1.807) is 24.3 Å². The molecule has 0 spiro atoms. The van der Waals surface area contributed by atoms with Gasteiger partial charge in [-0.1, -0.05) is 30.3 Å². The minimum Gasteiger partial charge on any atom is -0.242 e. The molecule has 0 fully saturated rings. The van der Waals surface area contributed by atoms with E-state index < -0.39 is 21.6 Å². The first-order valence-corrected chi connectivity index (χ1v) is 7.49. The van der Waals surface area contributed by atoms with Gasteiger partial charge in [0, 0.05) is 11.4 Å². The molecular formula is C14H19ClFNOS. The highest BCUT2D eigenvalue weighted by Gasteiger charge is 2.24. The van der Waals surface area contributed by atoms with Crippen molar-refractivity contribution in [2.24, 2.45) is 0 Å². The third-order valence-electron chi connectivity index (χ3n) is 2.50. The van der Waals surface area contributed by atoms with Crippen molar-refractivity contribution in [3.05, 3.63) is 47.3 Å². The SMILES string of the molecule is C=C(F)C[C@@H](N[S@@](=O)C(C)(C)C)c1ccc(Cl)cc1. The van der Waals surface area contributed by atoms with E-state index in [4.69, 9.17) is 11.6 Å². The van der Waals surface area contributed by atoms with Crippen molar-refractivity contribution in [2.75, 3.05) is 0 Å². The van der Waals surface area contributed by atoms with Gasteiger partial charge in [-0.3, -0.25) is 0 Å². The zero-order valence-electron chi connectivity index (χ0n) is 11.4. The molecular weight excluding hydrogens is 285 g/mol. The molecule has 0 saturated carbocycles. The van der Waals surface area contributed by atoms with Crippen molar-refractivity contribution in [3.63, 3.8) is 0 Å². The lowest BCUT2D eigenvalue weighted by Crippen LogP contribution is -2.35. The summed E-state index contributed by atoms with van der Waals surface area (Å²) >= 11 is 5.83. The van der Waals surface area contributed by atoms with Crippen molar-refractivity contribution in [1.82, 2.24) is 4.72 Å². The van der Waals surface area contributed by atoms with Gasteiger partial charge >= 0.3 is 0 Å². The highest BCUT2D eigenvalue weighted by Crippen LogP contribution is 2.24. The topological polar surface area (TPSA) is 29.1 Å². The molecule has 0 amide bonds. The number of rotatable bonds is 5. The van der Waals surface area contributed by atoms with Crippen LogP contribution in [-0.4, -0.2) is 8.96 Å². The molecule has 1 aromatic carbocycles. The van der Waals surface area contributed by atoms with E-state index in [1.165, 1.54) is 0 Å². The van der Waals surface area contributed by atoms with Crippen LogP contribution in [0.25, 0.3) is 0 Å². The predicted molar refractivity (Wildman–Crippen MR) is 80.1 cm³/mol. The summed E-state index contributed by atoms with van der Waals surface area (Å²) in [4.78, 5) is 0. The highest BCUT2D eigenvalue weighted by molar-refractivity contribution is 7.84. The van der Waals surface area contributed by atoms with E-state index in [9.17, 15) is 8.60 Å². The first-order valence-electron chi connectivity index (χ1n) is 5.97. The second-order valence-corrected chi connectivity index (χ2v) is 7.76. The average molecular weight is 304 g/mol. The van der Waals surface area contributed by atoms with Crippen LogP contribution in [0.15, 0.2) is 36.7 Å². The maximum Gasteiger partial charge on any atom is 0.0976 e. The van der Waals surface area contributed by atoms with Crippen molar-refractivity contribution >= 4 is 22.6 Å². The first kappa shape index (κ1) is 16.3. The van der Waals surface area contributed by atoms with Gasteiger partial charge < -0.3 is 0 Å². The van der Waals surface area contributed by atoms with Crippen LogP contribution in [0, 0.1) is 0 Å². The van der Waals surface area contributed by atoms with Gasteiger partial charge in [0.25, 0.3) is 0 Å². The van der Waals surface area contributed by atoms with Gasteiger partial charge in [0.2, 0.25) is 0 Å². The minimum atomic E-state index is -1.28. The van der Waals surface area contributed by atoms with Crippen molar-refractivity contribution < 1.29 is 8.60 Å². The second kappa shape index (κ2) is 6.64. The van der Waals surface area contributed by atoms with Gasteiger partial charge in [-0.15, -0.1) is 0 Å². The number of hydrogen-bond donors (Lipinski definition) is 1. The largest absolute Gasteiger partial charge is 0.242 e. The van der Waals surface area contributed by atoms with Crippen molar-refractivity contribution in [2.45, 2.75) is 38.0 Å². The standard InChI is InChI=1S/C14H19ClFNOS/c1-10(16)9-13(17-19(18)14(2,3)4)11-5-7-12(15)8-6-11/h5-8,13,17H,1,9H2,2-4H3/t13-,19+/m1/s1. The normalized spacial score (nSPS) is 15.0. The zero-order valence-corrected chi connectivity index (χ0v) is 12.9. The average Bonchev–Trinajstić information content (AvgIpc) is 2.27. The molecule has 0 bridgehead atoms. The summed E-state index contributed by atoms with van der Waals surface area (Å²) in [5.74, 6) is -0.446. The molecule has 0 aromatic heterocycles. The number of benzene rings is 1. The molecule has 1 rings (SSSR count). The van der Waals surface area contributed by atoms with Crippen LogP contribution in [0.5, 0.6) is 0 Å². The number of nitrogens with one attached hydrogen (secondary N) is 1. The van der Waals surface area contributed by atoms with Crippen LogP contribution in [0.2, 0.25) is 5.02 Å². The summed E-state index contributed by atoms with van der Waals surface area (Å²) in [7, 11) is -1.28. The van der Waals surface area contributed by atoms with E-state index in [2.05, 4.69) is 11.3 Å². The van der Waals surface area contributed by atoms with E-state index in [1.807, 2.05) is 20.8 Å². The molecule has 0 aliphatic heterocycles. The van der Waals surface area contributed by atoms with Gasteiger partial charge in [-0.25, -0.2) is 13.3 Å². The Balaban J connectivity index is 2.92. The predicted octanol–water partition coefficient (Wildman–Crippen LogP) is 4.31. The molecule has 2 atom stereocenters. The zero-order chi connectivity index (χ0) is 14.6. The summed E-state index contributed by atoms with van der Waals surface area (Å²) in [5.41, 5.74) is 0.834. The summed E-state index contributed by atoms with van der Waals surface area (Å²) in [6.07, 6.45) is 0.0868. The molecule has 2 nitrogen and oxygen atoms in total. The van der Waals surface area contributed by atoms with Crippen molar-refractivity contribution in [3.8, 4) is 0 Å². The Labute approximate surface area is 121 Å². The lowest BCUT2D eigenvalue weighted by molar-refractivity contribution is 0.523. The summed E-state index contributed by atoms with van der Waals surface area (Å²) in [6.45, 7) is 8.86. The molecule has 1 aromatic rings. The third-order valence-corrected chi connectivity index (χ3v) is 4.37. The van der Waals surface area contributed by atoms with Gasteiger partial charge in [0.05, 0.1) is 27.6 Å². The maximum absolute atomic E-state index is 13.1. The second-order valence-electron chi connectivity index (χ2n) is 5.32. The van der Waals surface area contributed by atoms with Gasteiger partial charge in [-0.05, 0) is 38.5 Å². The molecule has 0 aliphatic carbocycles. The van der Waals surface area contributed by atoms with Crippen LogP contribution >= 0.6 is 11.6 Å². The quantitative estimate of drug-likeness (QED) is 0.863. The lowest BCUT2D eigenvalue weighted by atomic mass is 10.0. The lowest BCUT2D eigenvalue weighted by Gasteiger charge is -2.24. The fourth-order valence-electron chi connectivity index (χ4n) is 1.45. The molecule has 5 heteroatoms. The van der Waals surface area contributed by atoms with Crippen LogP contribution in [0.1, 0.15) is 38.8 Å². The first-order chi connectivity index (χ1) is 8.70. The summed E-state index contributed by atoms with van der Waals surface area (Å²) in [5, 5.41) is 0.610. The molecule has 0 unspecified atom stereocenters. The third kappa shape index (κ3) is 5.43. The molecule has 0 aliphatic rings. The van der Waals surface area contributed by atoms with Gasteiger partial charge in [0.1, 0.15) is 0 Å². The van der Waals surface area contributed by atoms with E-state index in [0.29, 0.717) is 5.02 Å². The van der Waals surface area contributed by atoms with Crippen LogP contribution < -0.4 is 4.72 Å². The Morgan fingerprint density at radius 1 is 1.42 bits per heavy atom. The molecule has 1 N–H and O–H groups in total. The molecule has 0 heterocycles. The Morgan fingerprint density at radius 2 is 1.95 bits per heavy atom. The van der Waals surface area contributed by atoms with E-state index >= 15 is 0 Å². The smallest absolute Gasteiger partial charge is 0.0976 e. The maximum atomic E-state index is 13.1. The molecule has 0 radical (unpaired) electrons. The summed E-state index contributed by atoms with van der Waals surface area (Å²) < 4.78 is 27.8. The Morgan fingerprint density at radius 3 is 2.37 bits per heavy atom. The Bertz CT molecular complexity index is 467. The molecule has 106 valence electrons. The van der Waals surface area contributed by atoms with E-state index in [0.717, 1.165) is 5.56 Å². The highest BCUT2D eigenvalue weighted by atomic mass is 35.5. The van der Waals surface area contributed by atoms with E-state index in [-0.39, 0.29) is 12.5 Å². The van der Waals surface area contributed by atoms with Crippen LogP contribution in [-0.2, 0) is 11.0 Å². The Hall–Kier alpha value is -0.710. The number of halogens is 2. The molecule has 19 heavy (non-hydrogen) atoms. The number of hydrogen-bond acceptors (Lipinski definition) is 1. The summed E-state index contributed by atoms with van der Waals surface area (Å²) in [6, 6.07) is 6.67. The Kier molecular flexibility index (Phi) is 5.71. The fourth-order valence-corrected chi connectivity index (χ4v) is 2.41.